The number of nitrogens with one attached hydrogen (secondary N) is 1. The van der Waals surface area contributed by atoms with Crippen molar-refractivity contribution in [3.63, 3.8) is 0 Å². The van der Waals surface area contributed by atoms with Crippen molar-refractivity contribution in [3.05, 3.63) is 35.4 Å². The Balaban J connectivity index is 0.00000147. The number of halogens is 3. The standard InChI is InChI=1S/C15H20F2N2.ClH/c16-15(17)12-3-1-2-11(8-12)9-19-7-5-14-13(10-19)4-6-18-14;/h1-3,8,13-15,18H,4-7,9-10H2;1H. The van der Waals surface area contributed by atoms with E-state index in [1.807, 2.05) is 6.07 Å². The van der Waals surface area contributed by atoms with Gasteiger partial charge in [0, 0.05) is 24.7 Å². The number of fused-ring (bicyclic) bond motifs is 1. The first-order chi connectivity index (χ1) is 9.22. The first-order valence-corrected chi connectivity index (χ1v) is 7.05. The van der Waals surface area contributed by atoms with E-state index in [1.165, 1.54) is 18.9 Å². The summed E-state index contributed by atoms with van der Waals surface area (Å²) in [5.74, 6) is 0.743. The highest BCUT2D eigenvalue weighted by Crippen LogP contribution is 2.26. The number of rotatable bonds is 3. The summed E-state index contributed by atoms with van der Waals surface area (Å²) in [6.45, 7) is 4.08. The van der Waals surface area contributed by atoms with Gasteiger partial charge in [-0.05, 0) is 43.5 Å². The molecule has 0 bridgehead atoms. The lowest BCUT2D eigenvalue weighted by Gasteiger charge is -2.34. The lowest BCUT2D eigenvalue weighted by atomic mass is 9.93. The fourth-order valence-corrected chi connectivity index (χ4v) is 3.35. The van der Waals surface area contributed by atoms with Crippen LogP contribution in [0.15, 0.2) is 24.3 Å². The van der Waals surface area contributed by atoms with Gasteiger partial charge >= 0.3 is 0 Å². The van der Waals surface area contributed by atoms with Gasteiger partial charge in [-0.1, -0.05) is 18.2 Å². The molecule has 0 aliphatic carbocycles. The van der Waals surface area contributed by atoms with Gasteiger partial charge in [0.15, 0.2) is 0 Å². The Labute approximate surface area is 124 Å². The van der Waals surface area contributed by atoms with E-state index < -0.39 is 6.43 Å². The lowest BCUT2D eigenvalue weighted by Crippen LogP contribution is -2.43. The first kappa shape index (κ1) is 15.7. The second-order valence-corrected chi connectivity index (χ2v) is 5.68. The molecule has 2 heterocycles. The third kappa shape index (κ3) is 3.48. The van der Waals surface area contributed by atoms with Crippen molar-refractivity contribution in [2.75, 3.05) is 19.6 Å². The van der Waals surface area contributed by atoms with Crippen molar-refractivity contribution in [3.8, 4) is 0 Å². The van der Waals surface area contributed by atoms with Gasteiger partial charge in [-0.2, -0.15) is 0 Å². The van der Waals surface area contributed by atoms with E-state index in [4.69, 9.17) is 0 Å². The highest BCUT2D eigenvalue weighted by molar-refractivity contribution is 5.85. The van der Waals surface area contributed by atoms with Crippen LogP contribution in [0.2, 0.25) is 0 Å². The maximum atomic E-state index is 12.7. The summed E-state index contributed by atoms with van der Waals surface area (Å²) < 4.78 is 25.4. The summed E-state index contributed by atoms with van der Waals surface area (Å²) in [6.07, 6.45) is 0.0574. The molecule has 2 nitrogen and oxygen atoms in total. The molecule has 0 radical (unpaired) electrons. The summed E-state index contributed by atoms with van der Waals surface area (Å²) >= 11 is 0. The Kier molecular flexibility index (Phi) is 5.35. The fraction of sp³-hybridized carbons (Fsp3) is 0.600. The van der Waals surface area contributed by atoms with E-state index in [2.05, 4.69) is 10.2 Å². The first-order valence-electron chi connectivity index (χ1n) is 7.05. The van der Waals surface area contributed by atoms with Crippen LogP contribution in [0.25, 0.3) is 0 Å². The number of nitrogens with zero attached hydrogens (tertiary/aromatic N) is 1. The normalized spacial score (nSPS) is 26.4. The highest BCUT2D eigenvalue weighted by atomic mass is 35.5. The average Bonchev–Trinajstić information content (AvgIpc) is 2.86. The summed E-state index contributed by atoms with van der Waals surface area (Å²) in [4.78, 5) is 2.40. The molecule has 5 heteroatoms. The summed E-state index contributed by atoms with van der Waals surface area (Å²) in [7, 11) is 0. The van der Waals surface area contributed by atoms with Crippen LogP contribution < -0.4 is 5.32 Å². The molecule has 0 spiro atoms. The summed E-state index contributed by atoms with van der Waals surface area (Å²) in [5.41, 5.74) is 1.14. The van der Waals surface area contributed by atoms with Crippen molar-refractivity contribution < 1.29 is 8.78 Å². The van der Waals surface area contributed by atoms with E-state index in [1.54, 1.807) is 12.1 Å². The average molecular weight is 303 g/mol. The van der Waals surface area contributed by atoms with Crippen molar-refractivity contribution >= 4 is 12.4 Å². The predicted molar refractivity (Wildman–Crippen MR) is 78.4 cm³/mol. The van der Waals surface area contributed by atoms with Crippen LogP contribution in [-0.2, 0) is 6.54 Å². The molecule has 2 fully saturated rings. The maximum absolute atomic E-state index is 12.7. The second-order valence-electron chi connectivity index (χ2n) is 5.68. The van der Waals surface area contributed by atoms with Crippen molar-refractivity contribution in [1.29, 1.82) is 0 Å². The number of hydrogen-bond acceptors (Lipinski definition) is 2. The Morgan fingerprint density at radius 2 is 2.15 bits per heavy atom. The van der Waals surface area contributed by atoms with Gasteiger partial charge in [0.05, 0.1) is 0 Å². The molecule has 20 heavy (non-hydrogen) atoms. The topological polar surface area (TPSA) is 15.3 Å². The van der Waals surface area contributed by atoms with E-state index in [-0.39, 0.29) is 18.0 Å². The van der Waals surface area contributed by atoms with Gasteiger partial charge in [0.25, 0.3) is 6.43 Å². The number of benzene rings is 1. The molecule has 112 valence electrons. The minimum atomic E-state index is -2.37. The Hall–Kier alpha value is -0.710. The van der Waals surface area contributed by atoms with Crippen molar-refractivity contribution in [2.45, 2.75) is 31.9 Å². The maximum Gasteiger partial charge on any atom is 0.263 e. The Bertz CT molecular complexity index is 442. The van der Waals surface area contributed by atoms with Gasteiger partial charge in [-0.25, -0.2) is 8.78 Å². The number of alkyl halides is 2. The summed E-state index contributed by atoms with van der Waals surface area (Å²) in [5, 5.41) is 3.54. The molecule has 2 saturated heterocycles. The van der Waals surface area contributed by atoms with Crippen LogP contribution in [-0.4, -0.2) is 30.6 Å². The molecular weight excluding hydrogens is 282 g/mol. The van der Waals surface area contributed by atoms with Crippen LogP contribution in [0.4, 0.5) is 8.78 Å². The largest absolute Gasteiger partial charge is 0.314 e. The van der Waals surface area contributed by atoms with Gasteiger partial charge in [0.2, 0.25) is 0 Å². The highest BCUT2D eigenvalue weighted by Gasteiger charge is 2.32. The van der Waals surface area contributed by atoms with E-state index in [0.29, 0.717) is 6.04 Å². The smallest absolute Gasteiger partial charge is 0.263 e. The predicted octanol–water partition coefficient (Wildman–Crippen LogP) is 3.23. The minimum Gasteiger partial charge on any atom is -0.314 e. The SMILES string of the molecule is Cl.FC(F)c1cccc(CN2CCC3NCCC3C2)c1. The van der Waals surface area contributed by atoms with E-state index in [9.17, 15) is 8.78 Å². The zero-order chi connectivity index (χ0) is 13.2. The minimum absolute atomic E-state index is 0. The molecular formula is C15H21ClF2N2. The molecule has 3 rings (SSSR count). The molecule has 1 N–H and O–H groups in total. The van der Waals surface area contributed by atoms with Crippen LogP contribution in [0.3, 0.4) is 0 Å². The molecule has 0 saturated carbocycles. The zero-order valence-electron chi connectivity index (χ0n) is 11.4. The molecule has 2 unspecified atom stereocenters. The monoisotopic (exact) mass is 302 g/mol. The van der Waals surface area contributed by atoms with Gasteiger partial charge in [0.1, 0.15) is 0 Å². The second kappa shape index (κ2) is 6.83. The van der Waals surface area contributed by atoms with Gasteiger partial charge in [-0.3, -0.25) is 4.90 Å². The summed E-state index contributed by atoms with van der Waals surface area (Å²) in [6, 6.07) is 7.51. The van der Waals surface area contributed by atoms with Gasteiger partial charge in [-0.15, -0.1) is 12.4 Å². The van der Waals surface area contributed by atoms with Crippen molar-refractivity contribution in [2.24, 2.45) is 5.92 Å². The van der Waals surface area contributed by atoms with Crippen LogP contribution in [0.1, 0.15) is 30.4 Å². The quantitative estimate of drug-likeness (QED) is 0.922. The molecule has 0 aromatic heterocycles. The van der Waals surface area contributed by atoms with Crippen molar-refractivity contribution in [1.82, 2.24) is 10.2 Å². The lowest BCUT2D eigenvalue weighted by molar-refractivity contribution is 0.149. The molecule has 2 aliphatic heterocycles. The fourth-order valence-electron chi connectivity index (χ4n) is 3.35. The Morgan fingerprint density at radius 3 is 2.95 bits per heavy atom. The molecule has 2 atom stereocenters. The van der Waals surface area contributed by atoms with E-state index >= 15 is 0 Å². The zero-order valence-corrected chi connectivity index (χ0v) is 12.2. The third-order valence-corrected chi connectivity index (χ3v) is 4.35. The molecule has 2 aliphatic rings. The Morgan fingerprint density at radius 1 is 1.30 bits per heavy atom. The number of piperidine rings is 1. The van der Waals surface area contributed by atoms with Crippen LogP contribution in [0.5, 0.6) is 0 Å². The molecule has 1 aromatic carbocycles. The number of likely N-dealkylation sites (tertiary alicyclic amines) is 1. The number of hydrogen-bond donors (Lipinski definition) is 1. The van der Waals surface area contributed by atoms with Gasteiger partial charge < -0.3 is 5.32 Å². The molecule has 1 aromatic rings. The van der Waals surface area contributed by atoms with Crippen LogP contribution in [0, 0.1) is 5.92 Å². The van der Waals surface area contributed by atoms with Crippen LogP contribution >= 0.6 is 12.4 Å². The molecule has 0 amide bonds. The third-order valence-electron chi connectivity index (χ3n) is 4.35. The van der Waals surface area contributed by atoms with E-state index in [0.717, 1.165) is 37.7 Å².